The van der Waals surface area contributed by atoms with Gasteiger partial charge in [0.25, 0.3) is 5.91 Å². The van der Waals surface area contributed by atoms with E-state index in [-0.39, 0.29) is 23.7 Å². The molecule has 0 fully saturated rings. The maximum atomic E-state index is 13.3. The third-order valence-electron chi connectivity index (χ3n) is 4.13. The zero-order valence-electron chi connectivity index (χ0n) is 14.3. The summed E-state index contributed by atoms with van der Waals surface area (Å²) in [6.07, 6.45) is -2.79. The van der Waals surface area contributed by atoms with E-state index in [4.69, 9.17) is 16.2 Å². The summed E-state index contributed by atoms with van der Waals surface area (Å²) in [5.74, 6) is -0.566. The number of guanidine groups is 1. The number of rotatable bonds is 2. The van der Waals surface area contributed by atoms with E-state index in [1.165, 1.54) is 25.1 Å². The fourth-order valence-electron chi connectivity index (χ4n) is 2.87. The molecule has 8 heteroatoms. The van der Waals surface area contributed by atoms with Crippen LogP contribution in [0.3, 0.4) is 0 Å². The number of carbonyl (C=O) groups excluding carboxylic acids is 1. The van der Waals surface area contributed by atoms with Crippen molar-refractivity contribution in [3.8, 4) is 5.75 Å². The first-order valence-electron chi connectivity index (χ1n) is 7.96. The van der Waals surface area contributed by atoms with Gasteiger partial charge in [-0.15, -0.1) is 0 Å². The predicted molar refractivity (Wildman–Crippen MR) is 95.3 cm³/mol. The Morgan fingerprint density at radius 1 is 1.15 bits per heavy atom. The Kier molecular flexibility index (Phi) is 4.65. The molecule has 2 aromatic carbocycles. The van der Waals surface area contributed by atoms with Crippen LogP contribution in [0.2, 0.25) is 0 Å². The second kappa shape index (κ2) is 6.79. The van der Waals surface area contributed by atoms with E-state index < -0.39 is 17.6 Å². The lowest BCUT2D eigenvalue weighted by Gasteiger charge is -2.21. The van der Waals surface area contributed by atoms with Gasteiger partial charge < -0.3 is 16.2 Å². The van der Waals surface area contributed by atoms with Gasteiger partial charge in [-0.3, -0.25) is 4.79 Å². The molecule has 0 atom stereocenters. The number of hydrogen-bond acceptors (Lipinski definition) is 2. The molecule has 2 aromatic rings. The topological polar surface area (TPSA) is 90.7 Å². The summed E-state index contributed by atoms with van der Waals surface area (Å²) in [4.78, 5) is 15.5. The first kappa shape index (κ1) is 18.5. The Balaban J connectivity index is 2.09. The van der Waals surface area contributed by atoms with Gasteiger partial charge in [-0.2, -0.15) is 18.2 Å². The summed E-state index contributed by atoms with van der Waals surface area (Å²) in [5.41, 5.74) is 11.5. The van der Waals surface area contributed by atoms with Crippen LogP contribution in [-0.4, -0.2) is 18.5 Å². The third-order valence-corrected chi connectivity index (χ3v) is 4.13. The van der Waals surface area contributed by atoms with E-state index >= 15 is 0 Å². The lowest BCUT2D eigenvalue weighted by Crippen LogP contribution is -2.24. The minimum Gasteiger partial charge on any atom is -0.489 e. The molecule has 1 heterocycles. The van der Waals surface area contributed by atoms with Crippen LogP contribution in [-0.2, 0) is 6.18 Å². The molecular formula is C19H16F3N3O2. The van der Waals surface area contributed by atoms with Crippen molar-refractivity contribution in [1.29, 1.82) is 0 Å². The first-order valence-corrected chi connectivity index (χ1v) is 7.96. The number of nitrogens with zero attached hydrogens (tertiary/aromatic N) is 1. The van der Waals surface area contributed by atoms with Crippen LogP contribution >= 0.6 is 0 Å². The molecule has 0 aromatic heterocycles. The molecule has 5 nitrogen and oxygen atoms in total. The summed E-state index contributed by atoms with van der Waals surface area (Å²) >= 11 is 0. The van der Waals surface area contributed by atoms with Crippen LogP contribution < -0.4 is 16.2 Å². The molecule has 1 amide bonds. The highest BCUT2D eigenvalue weighted by Gasteiger charge is 2.33. The largest absolute Gasteiger partial charge is 0.489 e. The average Bonchev–Trinajstić information content (AvgIpc) is 2.59. The maximum Gasteiger partial charge on any atom is 0.416 e. The molecule has 0 saturated carbocycles. The summed E-state index contributed by atoms with van der Waals surface area (Å²) in [6.45, 7) is 1.61. The normalized spacial score (nSPS) is 13.3. The molecule has 0 spiro atoms. The fourth-order valence-corrected chi connectivity index (χ4v) is 2.87. The number of alkyl halides is 3. The van der Waals surface area contributed by atoms with Crippen LogP contribution in [0.15, 0.2) is 47.5 Å². The summed E-state index contributed by atoms with van der Waals surface area (Å²) in [6, 6.07) is 8.69. The highest BCUT2D eigenvalue weighted by molar-refractivity contribution is 6.03. The third kappa shape index (κ3) is 3.79. The van der Waals surface area contributed by atoms with Crippen LogP contribution in [0.4, 0.5) is 13.2 Å². The Morgan fingerprint density at radius 2 is 1.89 bits per heavy atom. The standard InChI is InChI=1S/C19H16F3N3O2/c1-10-2-3-11(9-15(10)19(20,21)22)13-6-7-27-16-5-4-12(8-14(13)16)17(26)25-18(23)24/h2-6,8-9H,7H2,1H3,(H4,23,24,25,26). The number of aliphatic imine (C=N–C) groups is 1. The summed E-state index contributed by atoms with van der Waals surface area (Å²) in [5, 5.41) is 0. The number of halogens is 3. The zero-order chi connectivity index (χ0) is 19.8. The number of amides is 1. The van der Waals surface area contributed by atoms with Crippen molar-refractivity contribution in [3.63, 3.8) is 0 Å². The molecule has 1 aliphatic rings. The van der Waals surface area contributed by atoms with Gasteiger partial charge >= 0.3 is 6.18 Å². The van der Waals surface area contributed by atoms with E-state index in [1.54, 1.807) is 18.2 Å². The molecule has 0 radical (unpaired) electrons. The van der Waals surface area contributed by atoms with Gasteiger partial charge in [0.2, 0.25) is 0 Å². The second-order valence-electron chi connectivity index (χ2n) is 6.01. The Hall–Kier alpha value is -3.29. The van der Waals surface area contributed by atoms with Crippen LogP contribution in [0.25, 0.3) is 5.57 Å². The van der Waals surface area contributed by atoms with Crippen LogP contribution in [0, 0.1) is 6.92 Å². The minimum absolute atomic E-state index is 0.135. The first-order chi connectivity index (χ1) is 12.7. The smallest absolute Gasteiger partial charge is 0.416 e. The monoisotopic (exact) mass is 375 g/mol. The number of carbonyl (C=O) groups is 1. The molecular weight excluding hydrogens is 359 g/mol. The predicted octanol–water partition coefficient (Wildman–Crippen LogP) is 3.25. The summed E-state index contributed by atoms with van der Waals surface area (Å²) < 4.78 is 45.3. The van der Waals surface area contributed by atoms with E-state index in [0.29, 0.717) is 22.4 Å². The van der Waals surface area contributed by atoms with E-state index in [1.807, 2.05) is 0 Å². The lowest BCUT2D eigenvalue weighted by atomic mass is 9.91. The SMILES string of the molecule is Cc1ccc(C2=CCOc3ccc(C(=O)N=C(N)N)cc32)cc1C(F)(F)F. The molecule has 0 bridgehead atoms. The number of nitrogens with two attached hydrogens (primary N) is 2. The Labute approximate surface area is 153 Å². The van der Waals surface area contributed by atoms with Gasteiger partial charge in [0.1, 0.15) is 12.4 Å². The average molecular weight is 375 g/mol. The quantitative estimate of drug-likeness (QED) is 0.623. The number of benzene rings is 2. The van der Waals surface area contributed by atoms with E-state index in [2.05, 4.69) is 4.99 Å². The number of ether oxygens (including phenoxy) is 1. The van der Waals surface area contributed by atoms with Gasteiger partial charge in [0.05, 0.1) is 5.56 Å². The molecule has 1 aliphatic heterocycles. The highest BCUT2D eigenvalue weighted by atomic mass is 19.4. The lowest BCUT2D eigenvalue weighted by molar-refractivity contribution is -0.138. The summed E-state index contributed by atoms with van der Waals surface area (Å²) in [7, 11) is 0. The second-order valence-corrected chi connectivity index (χ2v) is 6.01. The van der Waals surface area contributed by atoms with Crippen molar-refractivity contribution in [1.82, 2.24) is 0 Å². The van der Waals surface area contributed by atoms with Crippen molar-refractivity contribution >= 4 is 17.4 Å². The van der Waals surface area contributed by atoms with Crippen molar-refractivity contribution < 1.29 is 22.7 Å². The Bertz CT molecular complexity index is 975. The number of aryl methyl sites for hydroxylation is 1. The number of fused-ring (bicyclic) bond motifs is 1. The van der Waals surface area contributed by atoms with Crippen molar-refractivity contribution in [3.05, 3.63) is 70.3 Å². The van der Waals surface area contributed by atoms with Gasteiger partial charge in [0, 0.05) is 11.1 Å². The van der Waals surface area contributed by atoms with Gasteiger partial charge in [-0.25, -0.2) is 0 Å². The molecule has 4 N–H and O–H groups in total. The molecule has 27 heavy (non-hydrogen) atoms. The molecule has 0 saturated heterocycles. The minimum atomic E-state index is -4.46. The maximum absolute atomic E-state index is 13.3. The van der Waals surface area contributed by atoms with Gasteiger partial charge in [-0.1, -0.05) is 12.1 Å². The van der Waals surface area contributed by atoms with Crippen LogP contribution in [0.1, 0.15) is 32.6 Å². The molecule has 3 rings (SSSR count). The zero-order valence-corrected chi connectivity index (χ0v) is 14.3. The number of hydrogen-bond donors (Lipinski definition) is 2. The van der Waals surface area contributed by atoms with Gasteiger partial charge in [0.15, 0.2) is 5.96 Å². The van der Waals surface area contributed by atoms with E-state index in [0.717, 1.165) is 6.07 Å². The van der Waals surface area contributed by atoms with Crippen LogP contribution in [0.5, 0.6) is 5.75 Å². The fraction of sp³-hybridized carbons (Fsp3) is 0.158. The molecule has 0 unspecified atom stereocenters. The molecule has 140 valence electrons. The van der Waals surface area contributed by atoms with Crippen molar-refractivity contribution in [2.24, 2.45) is 16.5 Å². The van der Waals surface area contributed by atoms with Crippen molar-refractivity contribution in [2.45, 2.75) is 13.1 Å². The van der Waals surface area contributed by atoms with Gasteiger partial charge in [-0.05, 0) is 54.0 Å². The van der Waals surface area contributed by atoms with E-state index in [9.17, 15) is 18.0 Å². The van der Waals surface area contributed by atoms with Crippen molar-refractivity contribution in [2.75, 3.05) is 6.61 Å². The Morgan fingerprint density at radius 3 is 2.56 bits per heavy atom. The highest BCUT2D eigenvalue weighted by Crippen LogP contribution is 2.38. The molecule has 0 aliphatic carbocycles.